The number of nitrogens with zero attached hydrogens (tertiary/aromatic N) is 2. The number of amides is 2. The molecule has 0 aromatic rings. The van der Waals surface area contributed by atoms with E-state index in [1.807, 2.05) is 0 Å². The molecule has 7 nitrogen and oxygen atoms in total. The lowest BCUT2D eigenvalue weighted by Gasteiger charge is -2.38. The topological polar surface area (TPSA) is 83.0 Å². The third-order valence-electron chi connectivity index (χ3n) is 6.00. The molecule has 0 radical (unpaired) electrons. The Kier molecular flexibility index (Phi) is 5.62. The van der Waals surface area contributed by atoms with E-state index < -0.39 is 0 Å². The second-order valence-electron chi connectivity index (χ2n) is 7.98. The van der Waals surface area contributed by atoms with Crippen LogP contribution in [0.3, 0.4) is 0 Å². The maximum atomic E-state index is 12.6. The van der Waals surface area contributed by atoms with Crippen LogP contribution in [0.2, 0.25) is 0 Å². The quantitative estimate of drug-likeness (QED) is 0.201. The Morgan fingerprint density at radius 3 is 2.35 bits per heavy atom. The molecule has 0 aromatic heterocycles. The van der Waals surface area contributed by atoms with Crippen molar-refractivity contribution in [3.63, 3.8) is 0 Å². The minimum Gasteiger partial charge on any atom is -0.380 e. The molecule has 2 N–H and O–H groups in total. The highest BCUT2D eigenvalue weighted by Gasteiger charge is 2.58. The zero-order valence-electron chi connectivity index (χ0n) is 15.2. The lowest BCUT2D eigenvalue weighted by Crippen LogP contribution is -2.51. The second-order valence-corrected chi connectivity index (χ2v) is 7.98. The smallest absolute Gasteiger partial charge is 0.233 e. The van der Waals surface area contributed by atoms with Gasteiger partial charge in [-0.1, -0.05) is 19.1 Å². The molecule has 26 heavy (non-hydrogen) atoms. The van der Waals surface area contributed by atoms with Gasteiger partial charge in [-0.3, -0.25) is 19.5 Å². The number of guanidine groups is 1. The highest BCUT2D eigenvalue weighted by Crippen LogP contribution is 2.52. The van der Waals surface area contributed by atoms with Gasteiger partial charge >= 0.3 is 0 Å². The molecule has 1 saturated carbocycles. The van der Waals surface area contributed by atoms with Crippen molar-refractivity contribution in [2.24, 2.45) is 34.1 Å². The molecule has 2 amide bonds. The van der Waals surface area contributed by atoms with Gasteiger partial charge in [0.05, 0.1) is 25.0 Å². The minimum absolute atomic E-state index is 0. The van der Waals surface area contributed by atoms with E-state index in [2.05, 4.69) is 34.7 Å². The van der Waals surface area contributed by atoms with Gasteiger partial charge in [0, 0.05) is 32.1 Å². The predicted octanol–water partition coefficient (Wildman–Crippen LogP) is 0.613. The number of nitrogens with one attached hydrogen (secondary N) is 2. The van der Waals surface area contributed by atoms with Crippen molar-refractivity contribution in [2.75, 3.05) is 39.9 Å². The number of carbonyl (C=O) groups is 2. The Balaban J connectivity index is 0.00000196. The number of carbonyl (C=O) groups excluding carboxylic acids is 2. The molecule has 0 aromatic carbocycles. The van der Waals surface area contributed by atoms with Gasteiger partial charge in [0.2, 0.25) is 11.8 Å². The zero-order valence-corrected chi connectivity index (χ0v) is 17.6. The predicted molar refractivity (Wildman–Crippen MR) is 108 cm³/mol. The first kappa shape index (κ1) is 19.6. The Morgan fingerprint density at radius 1 is 1.23 bits per heavy atom. The molecular formula is C18H27IN4O3. The lowest BCUT2D eigenvalue weighted by molar-refractivity contribution is -0.140. The van der Waals surface area contributed by atoms with Crippen LogP contribution in [-0.2, 0) is 14.3 Å². The summed E-state index contributed by atoms with van der Waals surface area (Å²) in [6, 6.07) is 0. The highest BCUT2D eigenvalue weighted by atomic mass is 127. The Hall–Kier alpha value is -1.16. The van der Waals surface area contributed by atoms with Crippen LogP contribution in [0.4, 0.5) is 0 Å². The molecular weight excluding hydrogens is 447 g/mol. The van der Waals surface area contributed by atoms with Gasteiger partial charge in [0.1, 0.15) is 0 Å². The summed E-state index contributed by atoms with van der Waals surface area (Å²) in [5, 5.41) is 6.48. The molecule has 2 saturated heterocycles. The van der Waals surface area contributed by atoms with Crippen molar-refractivity contribution in [3.05, 3.63) is 12.2 Å². The van der Waals surface area contributed by atoms with E-state index >= 15 is 0 Å². The summed E-state index contributed by atoms with van der Waals surface area (Å²) >= 11 is 0. The van der Waals surface area contributed by atoms with Crippen LogP contribution in [0.1, 0.15) is 13.3 Å². The molecule has 2 heterocycles. The maximum absolute atomic E-state index is 12.6. The van der Waals surface area contributed by atoms with Crippen molar-refractivity contribution in [1.29, 1.82) is 0 Å². The minimum atomic E-state index is -0.112. The summed E-state index contributed by atoms with van der Waals surface area (Å²) in [7, 11) is 1.72. The number of hydrogen-bond acceptors (Lipinski definition) is 4. The first-order chi connectivity index (χ1) is 12.0. The first-order valence-corrected chi connectivity index (χ1v) is 9.08. The summed E-state index contributed by atoms with van der Waals surface area (Å²) in [4.78, 5) is 30.9. The maximum Gasteiger partial charge on any atom is 0.233 e. The fourth-order valence-electron chi connectivity index (χ4n) is 4.54. The van der Waals surface area contributed by atoms with Crippen LogP contribution in [0.5, 0.6) is 0 Å². The SMILES string of the molecule is CN=C(NCCN1C(=O)C2C3C=CC(C3)C2C1=O)NCC1(C)COC1.I. The molecule has 0 spiro atoms. The number of ether oxygens (including phenoxy) is 1. The Bertz CT molecular complexity index is 616. The van der Waals surface area contributed by atoms with Crippen LogP contribution in [0.15, 0.2) is 17.1 Å². The molecule has 144 valence electrons. The average Bonchev–Trinajstić information content (AvgIpc) is 3.25. The van der Waals surface area contributed by atoms with E-state index in [0.717, 1.165) is 26.2 Å². The molecule has 2 aliphatic carbocycles. The van der Waals surface area contributed by atoms with Gasteiger partial charge in [0.25, 0.3) is 0 Å². The van der Waals surface area contributed by atoms with Crippen molar-refractivity contribution < 1.29 is 14.3 Å². The highest BCUT2D eigenvalue weighted by molar-refractivity contribution is 14.0. The van der Waals surface area contributed by atoms with Crippen LogP contribution in [-0.4, -0.2) is 62.6 Å². The fourth-order valence-corrected chi connectivity index (χ4v) is 4.54. The third kappa shape index (κ3) is 3.26. The van der Waals surface area contributed by atoms with Crippen LogP contribution in [0.25, 0.3) is 0 Å². The molecule has 2 aliphatic heterocycles. The molecule has 4 atom stereocenters. The zero-order chi connectivity index (χ0) is 17.6. The van der Waals surface area contributed by atoms with Crippen molar-refractivity contribution in [3.8, 4) is 0 Å². The van der Waals surface area contributed by atoms with E-state index in [1.165, 1.54) is 4.90 Å². The number of hydrogen-bond donors (Lipinski definition) is 2. The number of imide groups is 1. The third-order valence-corrected chi connectivity index (χ3v) is 6.00. The molecule has 8 heteroatoms. The van der Waals surface area contributed by atoms with E-state index in [-0.39, 0.29) is 64.9 Å². The van der Waals surface area contributed by atoms with Crippen LogP contribution in [0, 0.1) is 29.1 Å². The molecule has 4 unspecified atom stereocenters. The summed E-state index contributed by atoms with van der Waals surface area (Å²) in [6.07, 6.45) is 5.21. The van der Waals surface area contributed by atoms with Crippen molar-refractivity contribution in [2.45, 2.75) is 13.3 Å². The van der Waals surface area contributed by atoms with Crippen molar-refractivity contribution in [1.82, 2.24) is 15.5 Å². The summed E-state index contributed by atoms with van der Waals surface area (Å²) in [5.74, 6) is 1.02. The second kappa shape index (κ2) is 7.46. The monoisotopic (exact) mass is 474 g/mol. The number of rotatable bonds is 5. The van der Waals surface area contributed by atoms with E-state index in [0.29, 0.717) is 19.0 Å². The average molecular weight is 474 g/mol. The molecule has 2 bridgehead atoms. The lowest BCUT2D eigenvalue weighted by atomic mass is 9.85. The molecule has 4 aliphatic rings. The van der Waals surface area contributed by atoms with Gasteiger partial charge in [0.15, 0.2) is 5.96 Å². The number of aliphatic imine (C=N–C) groups is 1. The summed E-state index contributed by atoms with van der Waals surface area (Å²) in [6.45, 7) is 5.37. The Labute approximate surface area is 171 Å². The largest absolute Gasteiger partial charge is 0.380 e. The van der Waals surface area contributed by atoms with Gasteiger partial charge in [-0.2, -0.15) is 0 Å². The van der Waals surface area contributed by atoms with Gasteiger partial charge in [-0.05, 0) is 18.3 Å². The van der Waals surface area contributed by atoms with Gasteiger partial charge in [-0.15, -0.1) is 24.0 Å². The first-order valence-electron chi connectivity index (χ1n) is 9.08. The normalized spacial score (nSPS) is 33.8. The van der Waals surface area contributed by atoms with Crippen LogP contribution >= 0.6 is 24.0 Å². The number of likely N-dealkylation sites (tertiary alicyclic amines) is 1. The number of halogens is 1. The van der Waals surface area contributed by atoms with Crippen LogP contribution < -0.4 is 10.6 Å². The molecule has 3 fully saturated rings. The van der Waals surface area contributed by atoms with Gasteiger partial charge in [-0.25, -0.2) is 0 Å². The standard InChI is InChI=1S/C18H26N4O3.HI/c1-18(9-25-10-18)8-21-17(19-2)20-5-6-22-15(23)13-11-3-4-12(7-11)14(13)16(22)24;/h3-4,11-14H,5-10H2,1-2H3,(H2,19,20,21);1H. The van der Waals surface area contributed by atoms with E-state index in [1.54, 1.807) is 7.05 Å². The van der Waals surface area contributed by atoms with E-state index in [4.69, 9.17) is 4.74 Å². The Morgan fingerprint density at radius 2 is 1.85 bits per heavy atom. The number of fused-ring (bicyclic) bond motifs is 5. The number of allylic oxidation sites excluding steroid dienone is 2. The molecule has 4 rings (SSSR count). The summed E-state index contributed by atoms with van der Waals surface area (Å²) in [5.41, 5.74) is 0.155. The summed E-state index contributed by atoms with van der Waals surface area (Å²) < 4.78 is 5.25. The van der Waals surface area contributed by atoms with Gasteiger partial charge < -0.3 is 15.4 Å². The fraction of sp³-hybridized carbons (Fsp3) is 0.722. The van der Waals surface area contributed by atoms with E-state index in [9.17, 15) is 9.59 Å². The van der Waals surface area contributed by atoms with Crippen molar-refractivity contribution >= 4 is 41.8 Å².